The monoisotopic (exact) mass is 441 g/mol. The van der Waals surface area contributed by atoms with Crippen LogP contribution in [0.2, 0.25) is 0 Å². The van der Waals surface area contributed by atoms with Gasteiger partial charge in [-0.2, -0.15) is 13.2 Å². The lowest BCUT2D eigenvalue weighted by Gasteiger charge is -2.16. The SMILES string of the molecule is COc1cc(-c2cnc3c(OC)c(OC)ccc3c2)cc(OSC(F)(F)F)c1OC. The van der Waals surface area contributed by atoms with Crippen LogP contribution >= 0.6 is 12.0 Å². The Bertz CT molecular complexity index is 1060. The molecular formula is C20H18F3NO5S. The Labute approximate surface area is 175 Å². The zero-order valence-corrected chi connectivity index (χ0v) is 17.3. The molecule has 30 heavy (non-hydrogen) atoms. The fourth-order valence-corrected chi connectivity index (χ4v) is 3.23. The van der Waals surface area contributed by atoms with Crippen LogP contribution in [0.25, 0.3) is 22.0 Å². The first-order valence-corrected chi connectivity index (χ1v) is 9.25. The normalized spacial score (nSPS) is 11.3. The highest BCUT2D eigenvalue weighted by Crippen LogP contribution is 2.45. The Morgan fingerprint density at radius 1 is 0.767 bits per heavy atom. The highest BCUT2D eigenvalue weighted by molar-refractivity contribution is 7.95. The minimum Gasteiger partial charge on any atom is -0.493 e. The largest absolute Gasteiger partial charge is 0.493 e. The number of fused-ring (bicyclic) bond motifs is 1. The molecule has 0 aliphatic rings. The number of hydrogen-bond donors (Lipinski definition) is 0. The van der Waals surface area contributed by atoms with E-state index < -0.39 is 17.6 Å². The Hall–Kier alpha value is -3.01. The number of nitrogens with zero attached hydrogens (tertiary/aromatic N) is 1. The lowest BCUT2D eigenvalue weighted by atomic mass is 10.0. The van der Waals surface area contributed by atoms with Crippen LogP contribution in [0.1, 0.15) is 0 Å². The van der Waals surface area contributed by atoms with Crippen molar-refractivity contribution in [3.8, 4) is 39.9 Å². The molecule has 0 unspecified atom stereocenters. The first-order valence-electron chi connectivity index (χ1n) is 8.50. The predicted octanol–water partition coefficient (Wildman–Crippen LogP) is 5.48. The fourth-order valence-electron chi connectivity index (χ4n) is 2.92. The van der Waals surface area contributed by atoms with E-state index in [4.69, 9.17) is 23.1 Å². The van der Waals surface area contributed by atoms with E-state index in [1.165, 1.54) is 34.5 Å². The van der Waals surface area contributed by atoms with E-state index in [9.17, 15) is 13.2 Å². The highest BCUT2D eigenvalue weighted by Gasteiger charge is 2.32. The molecule has 0 aliphatic carbocycles. The molecule has 3 aromatic rings. The molecule has 0 amide bonds. The van der Waals surface area contributed by atoms with Crippen LogP contribution in [-0.2, 0) is 0 Å². The molecule has 0 aliphatic heterocycles. The number of methoxy groups -OCH3 is 4. The van der Waals surface area contributed by atoms with E-state index in [0.29, 0.717) is 28.1 Å². The lowest BCUT2D eigenvalue weighted by Crippen LogP contribution is -2.04. The molecule has 0 atom stereocenters. The van der Waals surface area contributed by atoms with Crippen molar-refractivity contribution >= 4 is 22.9 Å². The van der Waals surface area contributed by atoms with Crippen molar-refractivity contribution in [3.05, 3.63) is 36.5 Å². The molecule has 10 heteroatoms. The maximum Gasteiger partial charge on any atom is 0.479 e. The van der Waals surface area contributed by atoms with Gasteiger partial charge in [-0.1, -0.05) is 0 Å². The second-order valence-electron chi connectivity index (χ2n) is 5.92. The highest BCUT2D eigenvalue weighted by atomic mass is 32.2. The minimum absolute atomic E-state index is 0.0538. The van der Waals surface area contributed by atoms with Crippen molar-refractivity contribution in [2.45, 2.75) is 5.51 Å². The number of rotatable bonds is 7. The van der Waals surface area contributed by atoms with Crippen LogP contribution < -0.4 is 23.1 Å². The van der Waals surface area contributed by atoms with Gasteiger partial charge in [0.1, 0.15) is 5.52 Å². The quantitative estimate of drug-likeness (QED) is 0.450. The molecule has 1 aromatic heterocycles. The van der Waals surface area contributed by atoms with E-state index in [-0.39, 0.29) is 17.2 Å². The first-order chi connectivity index (χ1) is 14.3. The van der Waals surface area contributed by atoms with Crippen molar-refractivity contribution in [1.29, 1.82) is 0 Å². The smallest absolute Gasteiger partial charge is 0.479 e. The van der Waals surface area contributed by atoms with Crippen LogP contribution in [0, 0.1) is 0 Å². The Morgan fingerprint density at radius 3 is 2.03 bits per heavy atom. The van der Waals surface area contributed by atoms with Gasteiger partial charge in [0.2, 0.25) is 5.75 Å². The lowest BCUT2D eigenvalue weighted by molar-refractivity contribution is -0.0370. The van der Waals surface area contributed by atoms with Gasteiger partial charge in [0.25, 0.3) is 0 Å². The molecule has 2 aromatic carbocycles. The van der Waals surface area contributed by atoms with Crippen molar-refractivity contribution in [1.82, 2.24) is 4.98 Å². The fraction of sp³-hybridized carbons (Fsp3) is 0.250. The van der Waals surface area contributed by atoms with Gasteiger partial charge in [-0.3, -0.25) is 4.98 Å². The van der Waals surface area contributed by atoms with Crippen molar-refractivity contribution in [2.75, 3.05) is 28.4 Å². The molecular weight excluding hydrogens is 423 g/mol. The molecule has 0 N–H and O–H groups in total. The maximum absolute atomic E-state index is 12.6. The molecule has 0 fully saturated rings. The Balaban J connectivity index is 2.11. The van der Waals surface area contributed by atoms with E-state index >= 15 is 0 Å². The number of hydrogen-bond acceptors (Lipinski definition) is 7. The predicted molar refractivity (Wildman–Crippen MR) is 108 cm³/mol. The molecule has 0 bridgehead atoms. The average molecular weight is 441 g/mol. The number of alkyl halides is 3. The summed E-state index contributed by atoms with van der Waals surface area (Å²) in [6.07, 6.45) is 1.58. The van der Waals surface area contributed by atoms with E-state index in [1.807, 2.05) is 12.1 Å². The summed E-state index contributed by atoms with van der Waals surface area (Å²) in [6.45, 7) is 0. The summed E-state index contributed by atoms with van der Waals surface area (Å²) in [5.41, 5.74) is -2.81. The standard InChI is InChI=1S/C20H18F3NO5S/c1-25-14-6-5-11-7-13(10-24-17(11)19(14)28-4)12-8-15(26-2)18(27-3)16(9-12)29-30-20(21,22)23/h5-10H,1-4H3. The molecule has 6 nitrogen and oxygen atoms in total. The summed E-state index contributed by atoms with van der Waals surface area (Å²) in [6, 6.07) is 8.45. The number of aromatic nitrogens is 1. The summed E-state index contributed by atoms with van der Waals surface area (Å²) < 4.78 is 63.9. The molecule has 0 radical (unpaired) electrons. The van der Waals surface area contributed by atoms with Gasteiger partial charge in [0.05, 0.1) is 28.4 Å². The first kappa shape index (κ1) is 21.7. The van der Waals surface area contributed by atoms with E-state index in [1.54, 1.807) is 18.3 Å². The molecule has 3 rings (SSSR count). The number of pyridine rings is 1. The third-order valence-corrected chi connectivity index (χ3v) is 4.65. The van der Waals surface area contributed by atoms with E-state index in [2.05, 4.69) is 4.98 Å². The second-order valence-corrected chi connectivity index (χ2v) is 6.72. The van der Waals surface area contributed by atoms with Gasteiger partial charge in [-0.15, -0.1) is 0 Å². The molecule has 0 saturated heterocycles. The minimum atomic E-state index is -4.58. The summed E-state index contributed by atoms with van der Waals surface area (Å²) in [4.78, 5) is 4.45. The van der Waals surface area contributed by atoms with Crippen molar-refractivity contribution in [3.63, 3.8) is 0 Å². The number of ether oxygens (including phenoxy) is 4. The molecule has 160 valence electrons. The van der Waals surface area contributed by atoms with Crippen LogP contribution in [-0.4, -0.2) is 38.9 Å². The summed E-state index contributed by atoms with van der Waals surface area (Å²) in [7, 11) is 5.75. The van der Waals surface area contributed by atoms with Crippen molar-refractivity contribution in [2.24, 2.45) is 0 Å². The van der Waals surface area contributed by atoms with Crippen LogP contribution in [0.4, 0.5) is 13.2 Å². The van der Waals surface area contributed by atoms with Crippen LogP contribution in [0.3, 0.4) is 0 Å². The summed E-state index contributed by atoms with van der Waals surface area (Å²) >= 11 is -0.631. The van der Waals surface area contributed by atoms with Crippen molar-refractivity contribution < 1.29 is 36.3 Å². The van der Waals surface area contributed by atoms with Gasteiger partial charge in [0.15, 0.2) is 35.0 Å². The second kappa shape index (κ2) is 8.78. The molecule has 0 spiro atoms. The summed E-state index contributed by atoms with van der Waals surface area (Å²) in [5, 5.41) is 0.757. The number of benzene rings is 2. The Morgan fingerprint density at radius 2 is 1.43 bits per heavy atom. The Kier molecular flexibility index (Phi) is 6.35. The van der Waals surface area contributed by atoms with Gasteiger partial charge in [-0.25, -0.2) is 0 Å². The third kappa shape index (κ3) is 4.43. The van der Waals surface area contributed by atoms with Gasteiger partial charge in [-0.05, 0) is 35.9 Å². The van der Waals surface area contributed by atoms with Gasteiger partial charge < -0.3 is 23.1 Å². The van der Waals surface area contributed by atoms with E-state index in [0.717, 1.165) is 5.39 Å². The molecule has 0 saturated carbocycles. The van der Waals surface area contributed by atoms with Crippen LogP contribution in [0.5, 0.6) is 28.7 Å². The van der Waals surface area contributed by atoms with Gasteiger partial charge >= 0.3 is 5.51 Å². The zero-order chi connectivity index (χ0) is 21.9. The maximum atomic E-state index is 12.6. The summed E-state index contributed by atoms with van der Waals surface area (Å²) in [5.74, 6) is 1.18. The topological polar surface area (TPSA) is 59.0 Å². The average Bonchev–Trinajstić information content (AvgIpc) is 2.74. The third-order valence-electron chi connectivity index (χ3n) is 4.20. The molecule has 1 heterocycles. The zero-order valence-electron chi connectivity index (χ0n) is 16.5. The van der Waals surface area contributed by atoms with Crippen LogP contribution in [0.15, 0.2) is 36.5 Å². The van der Waals surface area contributed by atoms with Gasteiger partial charge in [0, 0.05) is 17.1 Å². The number of halogens is 3.